The molecule has 0 bridgehead atoms. The van der Waals surface area contributed by atoms with Gasteiger partial charge in [0, 0.05) is 17.7 Å². The van der Waals surface area contributed by atoms with Gasteiger partial charge < -0.3 is 24.1 Å². The van der Waals surface area contributed by atoms with E-state index in [0.717, 1.165) is 12.0 Å². The van der Waals surface area contributed by atoms with Crippen molar-refractivity contribution in [3.05, 3.63) is 47.4 Å². The van der Waals surface area contributed by atoms with Gasteiger partial charge in [0.15, 0.2) is 0 Å². The standard InChI is InChI=1S/C20H24N2O5/c1-13-17(25-2)10-14(11-18(13)26-3)20(24)22-8-4-7-16(22)19(23)21-12-15-6-5-9-27-15/h5-6,9-11,16H,4,7-8,12H2,1-3H3,(H,21,23). The summed E-state index contributed by atoms with van der Waals surface area (Å²) in [5.74, 6) is 1.45. The third-order valence-corrected chi connectivity index (χ3v) is 4.83. The molecule has 0 saturated carbocycles. The van der Waals surface area contributed by atoms with Gasteiger partial charge in [-0.1, -0.05) is 0 Å². The summed E-state index contributed by atoms with van der Waals surface area (Å²) in [5.41, 5.74) is 1.27. The van der Waals surface area contributed by atoms with Crippen molar-refractivity contribution < 1.29 is 23.5 Å². The number of furan rings is 1. The number of amides is 2. The Morgan fingerprint density at radius 1 is 1.26 bits per heavy atom. The molecule has 1 N–H and O–H groups in total. The molecule has 0 aliphatic carbocycles. The van der Waals surface area contributed by atoms with E-state index < -0.39 is 6.04 Å². The first-order valence-corrected chi connectivity index (χ1v) is 8.88. The Labute approximate surface area is 158 Å². The quantitative estimate of drug-likeness (QED) is 0.843. The maximum Gasteiger partial charge on any atom is 0.254 e. The Morgan fingerprint density at radius 3 is 2.56 bits per heavy atom. The van der Waals surface area contributed by atoms with E-state index in [1.807, 2.05) is 6.92 Å². The van der Waals surface area contributed by atoms with Crippen LogP contribution in [0.2, 0.25) is 0 Å². The highest BCUT2D eigenvalue weighted by Crippen LogP contribution is 2.31. The maximum absolute atomic E-state index is 13.1. The zero-order valence-corrected chi connectivity index (χ0v) is 15.8. The third-order valence-electron chi connectivity index (χ3n) is 4.83. The zero-order valence-electron chi connectivity index (χ0n) is 15.8. The Kier molecular flexibility index (Phi) is 5.69. The lowest BCUT2D eigenvalue weighted by atomic mass is 10.1. The topological polar surface area (TPSA) is 81.0 Å². The molecule has 1 atom stereocenters. The molecule has 1 aliphatic heterocycles. The van der Waals surface area contributed by atoms with Crippen molar-refractivity contribution >= 4 is 11.8 Å². The van der Waals surface area contributed by atoms with Crippen LogP contribution in [-0.4, -0.2) is 43.5 Å². The van der Waals surface area contributed by atoms with Crippen molar-refractivity contribution in [2.45, 2.75) is 32.4 Å². The summed E-state index contributed by atoms with van der Waals surface area (Å²) < 4.78 is 15.9. The Bertz CT molecular complexity index is 791. The molecule has 1 saturated heterocycles. The first kappa shape index (κ1) is 18.8. The maximum atomic E-state index is 13.1. The molecule has 27 heavy (non-hydrogen) atoms. The number of carbonyl (C=O) groups excluding carboxylic acids is 2. The highest BCUT2D eigenvalue weighted by molar-refractivity contribution is 5.98. The highest BCUT2D eigenvalue weighted by Gasteiger charge is 2.35. The molecule has 0 spiro atoms. The van der Waals surface area contributed by atoms with Gasteiger partial charge in [-0.2, -0.15) is 0 Å². The summed E-state index contributed by atoms with van der Waals surface area (Å²) in [5, 5.41) is 2.84. The summed E-state index contributed by atoms with van der Waals surface area (Å²) in [4.78, 5) is 27.3. The van der Waals surface area contributed by atoms with Crippen LogP contribution in [0, 0.1) is 6.92 Å². The average molecular weight is 372 g/mol. The lowest BCUT2D eigenvalue weighted by Gasteiger charge is -2.24. The average Bonchev–Trinajstić information content (AvgIpc) is 3.37. The van der Waals surface area contributed by atoms with E-state index in [0.29, 0.717) is 42.3 Å². The van der Waals surface area contributed by atoms with Crippen LogP contribution in [0.1, 0.15) is 34.5 Å². The SMILES string of the molecule is COc1cc(C(=O)N2CCCC2C(=O)NCc2ccco2)cc(OC)c1C. The van der Waals surface area contributed by atoms with E-state index in [1.54, 1.807) is 49.6 Å². The minimum Gasteiger partial charge on any atom is -0.496 e. The summed E-state index contributed by atoms with van der Waals surface area (Å²) in [6.07, 6.45) is 2.98. The number of benzene rings is 1. The third kappa shape index (κ3) is 3.92. The number of carbonyl (C=O) groups is 2. The predicted molar refractivity (Wildman–Crippen MR) is 98.9 cm³/mol. The van der Waals surface area contributed by atoms with Crippen molar-refractivity contribution in [3.8, 4) is 11.5 Å². The molecule has 3 rings (SSSR count). The van der Waals surface area contributed by atoms with Crippen LogP contribution in [0.15, 0.2) is 34.9 Å². The molecule has 1 aliphatic rings. The van der Waals surface area contributed by atoms with E-state index in [2.05, 4.69) is 5.32 Å². The number of nitrogens with zero attached hydrogens (tertiary/aromatic N) is 1. The fraction of sp³-hybridized carbons (Fsp3) is 0.400. The van der Waals surface area contributed by atoms with Crippen LogP contribution in [0.25, 0.3) is 0 Å². The van der Waals surface area contributed by atoms with Crippen LogP contribution in [0.5, 0.6) is 11.5 Å². The van der Waals surface area contributed by atoms with Crippen molar-refractivity contribution in [1.82, 2.24) is 10.2 Å². The molecule has 1 aromatic heterocycles. The zero-order chi connectivity index (χ0) is 19.4. The highest BCUT2D eigenvalue weighted by atomic mass is 16.5. The molecule has 7 heteroatoms. The van der Waals surface area contributed by atoms with Crippen LogP contribution >= 0.6 is 0 Å². The molecule has 1 unspecified atom stereocenters. The summed E-state index contributed by atoms with van der Waals surface area (Å²) in [6, 6.07) is 6.45. The lowest BCUT2D eigenvalue weighted by Crippen LogP contribution is -2.45. The molecular weight excluding hydrogens is 348 g/mol. The second kappa shape index (κ2) is 8.16. The molecule has 144 valence electrons. The number of likely N-dealkylation sites (tertiary alicyclic amines) is 1. The van der Waals surface area contributed by atoms with Gasteiger partial charge in [0.25, 0.3) is 5.91 Å². The molecule has 2 heterocycles. The monoisotopic (exact) mass is 372 g/mol. The predicted octanol–water partition coefficient (Wildman–Crippen LogP) is 2.53. The van der Waals surface area contributed by atoms with Gasteiger partial charge >= 0.3 is 0 Å². The van der Waals surface area contributed by atoms with Crippen molar-refractivity contribution in [3.63, 3.8) is 0 Å². The van der Waals surface area contributed by atoms with E-state index in [-0.39, 0.29) is 11.8 Å². The number of rotatable bonds is 6. The molecule has 0 radical (unpaired) electrons. The van der Waals surface area contributed by atoms with Crippen molar-refractivity contribution in [2.24, 2.45) is 0 Å². The van der Waals surface area contributed by atoms with Gasteiger partial charge in [0.05, 0.1) is 27.0 Å². The molecule has 7 nitrogen and oxygen atoms in total. The van der Waals surface area contributed by atoms with Crippen molar-refractivity contribution in [1.29, 1.82) is 0 Å². The number of nitrogens with one attached hydrogen (secondary N) is 1. The smallest absolute Gasteiger partial charge is 0.254 e. The van der Waals surface area contributed by atoms with E-state index in [4.69, 9.17) is 13.9 Å². The Hall–Kier alpha value is -2.96. The number of methoxy groups -OCH3 is 2. The largest absolute Gasteiger partial charge is 0.496 e. The molecule has 2 amide bonds. The van der Waals surface area contributed by atoms with Gasteiger partial charge in [-0.05, 0) is 44.0 Å². The van der Waals surface area contributed by atoms with Gasteiger partial charge in [0.2, 0.25) is 5.91 Å². The first-order valence-electron chi connectivity index (χ1n) is 8.88. The van der Waals surface area contributed by atoms with E-state index in [9.17, 15) is 9.59 Å². The van der Waals surface area contributed by atoms with Gasteiger partial charge in [-0.15, -0.1) is 0 Å². The second-order valence-electron chi connectivity index (χ2n) is 6.46. The normalized spacial score (nSPS) is 16.3. The van der Waals surface area contributed by atoms with Crippen LogP contribution < -0.4 is 14.8 Å². The summed E-state index contributed by atoms with van der Waals surface area (Å²) in [6.45, 7) is 2.71. The fourth-order valence-corrected chi connectivity index (χ4v) is 3.36. The summed E-state index contributed by atoms with van der Waals surface area (Å²) >= 11 is 0. The first-order chi connectivity index (χ1) is 13.0. The number of hydrogen-bond acceptors (Lipinski definition) is 5. The Balaban J connectivity index is 1.76. The number of hydrogen-bond donors (Lipinski definition) is 1. The molecule has 2 aromatic rings. The van der Waals surface area contributed by atoms with E-state index in [1.165, 1.54) is 0 Å². The van der Waals surface area contributed by atoms with Crippen LogP contribution in [0.4, 0.5) is 0 Å². The van der Waals surface area contributed by atoms with E-state index >= 15 is 0 Å². The fourth-order valence-electron chi connectivity index (χ4n) is 3.36. The van der Waals surface area contributed by atoms with Gasteiger partial charge in [-0.25, -0.2) is 0 Å². The minimum atomic E-state index is -0.495. The van der Waals surface area contributed by atoms with Crippen LogP contribution in [0.3, 0.4) is 0 Å². The Morgan fingerprint density at radius 2 is 1.96 bits per heavy atom. The summed E-state index contributed by atoms with van der Waals surface area (Å²) in [7, 11) is 3.10. The van der Waals surface area contributed by atoms with Crippen LogP contribution in [-0.2, 0) is 11.3 Å². The molecule has 1 aromatic carbocycles. The minimum absolute atomic E-state index is 0.178. The molecular formula is C20H24N2O5. The number of ether oxygens (including phenoxy) is 2. The lowest BCUT2D eigenvalue weighted by molar-refractivity contribution is -0.125. The van der Waals surface area contributed by atoms with Gasteiger partial charge in [0.1, 0.15) is 23.3 Å². The van der Waals surface area contributed by atoms with Gasteiger partial charge in [-0.3, -0.25) is 9.59 Å². The second-order valence-corrected chi connectivity index (χ2v) is 6.46. The van der Waals surface area contributed by atoms with Crippen molar-refractivity contribution in [2.75, 3.05) is 20.8 Å². The molecule has 1 fully saturated rings.